The zero-order chi connectivity index (χ0) is 93.1. The Morgan fingerprint density at radius 2 is 0.662 bits per heavy atom. The summed E-state index contributed by atoms with van der Waals surface area (Å²) >= 11 is 0. The monoisotopic (exact) mass is 1790 g/mol. The molecule has 5 aliphatic heterocycles. The Bertz CT molecular complexity index is 6660. The summed E-state index contributed by atoms with van der Waals surface area (Å²) in [4.78, 5) is 152. The third kappa shape index (κ3) is 20.9. The summed E-state index contributed by atoms with van der Waals surface area (Å²) in [5.41, 5.74) is 32.5. The summed E-state index contributed by atoms with van der Waals surface area (Å²) in [6.07, 6.45) is 33.7. The number of nitrogens with zero attached hydrogens (tertiary/aromatic N) is 18. The second kappa shape index (κ2) is 40.2. The van der Waals surface area contributed by atoms with Crippen molar-refractivity contribution in [2.75, 3.05) is 65.4 Å². The van der Waals surface area contributed by atoms with Gasteiger partial charge in [-0.2, -0.15) is 0 Å². The highest BCUT2D eigenvalue weighted by Gasteiger charge is 2.33. The molecule has 0 aliphatic carbocycles. The number of amides is 9. The molecule has 0 radical (unpaired) electrons. The number of alkyl halides is 1. The number of primary amides is 4. The molecule has 9 N–H and O–H groups in total. The van der Waals surface area contributed by atoms with Crippen LogP contribution < -0.4 is 22.9 Å². The maximum absolute atomic E-state index is 14.0. The molecule has 5 fully saturated rings. The van der Waals surface area contributed by atoms with Crippen molar-refractivity contribution >= 4 is 108 Å². The SMILES string of the molecule is CC1(F)CCN(C(=O)c2cnc3c(ccn3-c3ccc(C(N)=O)cc3)c2)CC1.CC1CCN(C(=O)c2cnc3c(ccn3-c3ccc(CO)cc3)c2)CC1.CC1CCN(C(=O)c2cnc3c(ccn3-c3cccc(C(N)=O)c3)c2)CC1.NC(=O)c1ccc(-n2ccc3cc(C(=O)N4CCCCC4)cnc32)cn1.NC(=O)c1ncc(-n2ccc3cc(C(=O)N4CCCCC4)cnc32)cn1. The van der Waals surface area contributed by atoms with Crippen molar-refractivity contribution in [1.82, 2.24) is 87.2 Å². The number of aromatic nitrogens is 13. The molecule has 0 bridgehead atoms. The minimum atomic E-state index is -1.19. The Morgan fingerprint density at radius 1 is 0.331 bits per heavy atom. The van der Waals surface area contributed by atoms with E-state index in [-0.39, 0.29) is 47.7 Å². The Hall–Kier alpha value is -15.5. The average molecular weight is 1790 g/mol. The number of carbonyl (C=O) groups excluding carboxylic acids is 9. The number of benzene rings is 3. The lowest BCUT2D eigenvalue weighted by Crippen LogP contribution is -2.43. The van der Waals surface area contributed by atoms with Crippen molar-refractivity contribution in [3.63, 3.8) is 0 Å². The summed E-state index contributed by atoms with van der Waals surface area (Å²) in [5.74, 6) is -0.768. The van der Waals surface area contributed by atoms with E-state index < -0.39 is 29.3 Å². The van der Waals surface area contributed by atoms with Crippen LogP contribution >= 0.6 is 0 Å². The number of aliphatic hydroxyl groups excluding tert-OH is 1. The first-order valence-corrected chi connectivity index (χ1v) is 44.7. The van der Waals surface area contributed by atoms with Crippen LogP contribution in [0.4, 0.5) is 4.39 Å². The first-order valence-electron chi connectivity index (χ1n) is 44.7. The molecule has 0 spiro atoms. The molecular weight excluding hydrogens is 1690 g/mol. The number of fused-ring (bicyclic) bond motifs is 5. The zero-order valence-corrected chi connectivity index (χ0v) is 74.1. The van der Waals surface area contributed by atoms with Crippen LogP contribution in [-0.2, 0) is 6.61 Å². The summed E-state index contributed by atoms with van der Waals surface area (Å²) in [6, 6.07) is 44.0. The highest BCUT2D eigenvalue weighted by atomic mass is 19.1. The molecule has 20 rings (SSSR count). The van der Waals surface area contributed by atoms with Gasteiger partial charge in [0.25, 0.3) is 41.4 Å². The van der Waals surface area contributed by atoms with Gasteiger partial charge in [0.05, 0.1) is 64.4 Å². The number of rotatable bonds is 15. The fourth-order valence-electron chi connectivity index (χ4n) is 17.1. The van der Waals surface area contributed by atoms with Crippen molar-refractivity contribution in [3.05, 3.63) is 282 Å². The molecule has 33 heteroatoms. The predicted molar refractivity (Wildman–Crippen MR) is 501 cm³/mol. The summed E-state index contributed by atoms with van der Waals surface area (Å²) in [5, 5.41) is 13.6. The Labute approximate surface area is 765 Å². The van der Waals surface area contributed by atoms with E-state index in [1.54, 1.807) is 108 Å². The molecule has 3 aromatic carbocycles. The number of aliphatic hydroxyl groups is 1. The molecule has 133 heavy (non-hydrogen) atoms. The zero-order valence-electron chi connectivity index (χ0n) is 74.1. The molecule has 32 nitrogen and oxygen atoms in total. The lowest BCUT2D eigenvalue weighted by molar-refractivity contribution is 0.0501. The van der Waals surface area contributed by atoms with Gasteiger partial charge >= 0.3 is 0 Å². The molecule has 9 amide bonds. The lowest BCUT2D eigenvalue weighted by Gasteiger charge is -2.34. The molecule has 0 atom stereocenters. The van der Waals surface area contributed by atoms with Crippen LogP contribution in [0.3, 0.4) is 0 Å². The van der Waals surface area contributed by atoms with E-state index in [1.807, 2.05) is 160 Å². The average Bonchev–Trinajstić information content (AvgIpc) is 1.68. The quantitative estimate of drug-likeness (QED) is 0.0636. The first-order chi connectivity index (χ1) is 64.3. The van der Waals surface area contributed by atoms with Gasteiger partial charge in [-0.25, -0.2) is 44.3 Å². The van der Waals surface area contributed by atoms with Gasteiger partial charge < -0.3 is 66.2 Å². The number of nitrogens with two attached hydrogens (primary N) is 4. The van der Waals surface area contributed by atoms with Crippen LogP contribution in [0.5, 0.6) is 0 Å². The molecule has 5 aliphatic rings. The normalized spacial score (nSPS) is 15.2. The second-order valence-electron chi connectivity index (χ2n) is 34.5. The van der Waals surface area contributed by atoms with Gasteiger partial charge in [-0.05, 0) is 229 Å². The number of hydrogen-bond acceptors (Lipinski definition) is 18. The fourth-order valence-corrected chi connectivity index (χ4v) is 17.1. The van der Waals surface area contributed by atoms with Crippen LogP contribution in [0.15, 0.2) is 226 Å². The van der Waals surface area contributed by atoms with Crippen LogP contribution in [0.25, 0.3) is 83.6 Å². The highest BCUT2D eigenvalue weighted by molar-refractivity contribution is 6.02. The third-order valence-electron chi connectivity index (χ3n) is 25.0. The predicted octanol–water partition coefficient (Wildman–Crippen LogP) is 13.2. The Kier molecular flexibility index (Phi) is 27.5. The van der Waals surface area contributed by atoms with Gasteiger partial charge in [-0.3, -0.25) is 52.3 Å². The molecule has 15 aromatic rings. The van der Waals surface area contributed by atoms with Crippen molar-refractivity contribution in [2.24, 2.45) is 34.8 Å². The van der Waals surface area contributed by atoms with E-state index in [9.17, 15) is 52.6 Å². The van der Waals surface area contributed by atoms with E-state index in [1.165, 1.54) is 25.2 Å². The molecule has 0 unspecified atom stereocenters. The smallest absolute Gasteiger partial charge is 0.286 e. The third-order valence-corrected chi connectivity index (χ3v) is 25.0. The van der Waals surface area contributed by atoms with E-state index in [4.69, 9.17) is 22.9 Å². The highest BCUT2D eigenvalue weighted by Crippen LogP contribution is 2.32. The van der Waals surface area contributed by atoms with Gasteiger partial charge in [-0.1, -0.05) is 32.0 Å². The fraction of sp³-hybridized carbons (Fsp3) is 0.290. The molecule has 5 saturated heterocycles. The molecule has 0 saturated carbocycles. The maximum atomic E-state index is 14.0. The number of piperidine rings is 5. The minimum Gasteiger partial charge on any atom is -0.392 e. The van der Waals surface area contributed by atoms with E-state index in [0.29, 0.717) is 93.7 Å². The Balaban J connectivity index is 0.000000121. The van der Waals surface area contributed by atoms with Gasteiger partial charge in [0.2, 0.25) is 17.6 Å². The van der Waals surface area contributed by atoms with Gasteiger partial charge in [0.1, 0.15) is 39.6 Å². The number of pyridine rings is 6. The van der Waals surface area contributed by atoms with Crippen LogP contribution in [0.1, 0.15) is 197 Å². The van der Waals surface area contributed by atoms with Gasteiger partial charge in [0, 0.05) is 183 Å². The van der Waals surface area contributed by atoms with Crippen molar-refractivity contribution in [3.8, 4) is 28.4 Å². The number of likely N-dealkylation sites (tertiary alicyclic amines) is 5. The summed E-state index contributed by atoms with van der Waals surface area (Å²) in [6.45, 7) is 13.4. The van der Waals surface area contributed by atoms with E-state index in [2.05, 4.69) is 53.7 Å². The lowest BCUT2D eigenvalue weighted by atomic mass is 9.95. The molecule has 17 heterocycles. The largest absolute Gasteiger partial charge is 0.392 e. The second-order valence-corrected chi connectivity index (χ2v) is 34.5. The number of carbonyl (C=O) groups is 9. The summed E-state index contributed by atoms with van der Waals surface area (Å²) in [7, 11) is 0. The van der Waals surface area contributed by atoms with Crippen molar-refractivity contribution in [2.45, 2.75) is 110 Å². The molecule has 12 aromatic heterocycles. The van der Waals surface area contributed by atoms with Crippen LogP contribution in [0.2, 0.25) is 0 Å². The standard InChI is InChI=1S/C21H21FN4O2.C21H22N4O2.C21H23N3O2.C19H19N5O2.C18H18N6O2/c1-21(22)7-10-25(11-8-21)20(28)16-12-15-6-9-26(19(15)24-13-16)17-4-2-14(3-5-17)18(23)27;1-14-5-8-24(9-6-14)21(27)17-11-16-7-10-25(20(16)23-13-17)18-4-2-3-15(12-18)19(22)26;1-15-6-9-23(10-7-15)21(26)18-12-17-8-11-24(20(17)22-13-18)19-4-2-16(14-25)3-5-19;20-17(25)16-5-4-15(12-21-16)24-9-6-13-10-14(11-22-18(13)24)19(26)23-7-2-1-3-8-23;19-15(25)16-20-10-14(11-21-16)24-7-4-12-8-13(9-22-17(12)24)18(26)23-5-2-1-3-6-23/h2-6,9,12-13H,7-8,10-11H2,1H3,(H2,23,27);2-4,7,10-14H,5-6,8-9H2,1H3,(H2,22,26);2-5,8,11-13,15,25H,6-7,9-10,14H2,1H3;4-6,9-12H,1-3,7-8H2,(H2,20,25);4,7-11H,1-3,5-6H2,(H2,19,25). The maximum Gasteiger partial charge on any atom is 0.286 e. The van der Waals surface area contributed by atoms with Crippen molar-refractivity contribution < 1.29 is 52.6 Å². The molecule has 680 valence electrons. The van der Waals surface area contributed by atoms with Crippen LogP contribution in [-0.4, -0.2) is 217 Å². The van der Waals surface area contributed by atoms with Gasteiger partial charge in [0.15, 0.2) is 0 Å². The topological polar surface area (TPSA) is 422 Å². The van der Waals surface area contributed by atoms with Gasteiger partial charge in [-0.15, -0.1) is 0 Å². The van der Waals surface area contributed by atoms with E-state index >= 15 is 0 Å². The first kappa shape index (κ1) is 90.8. The van der Waals surface area contributed by atoms with E-state index in [0.717, 1.165) is 176 Å². The number of halogens is 1. The molecular formula is C100H103FN22O10. The summed E-state index contributed by atoms with van der Waals surface area (Å²) < 4.78 is 23.4. The van der Waals surface area contributed by atoms with Crippen molar-refractivity contribution in [1.29, 1.82) is 0 Å². The van der Waals surface area contributed by atoms with Crippen LogP contribution in [0, 0.1) is 11.8 Å². The Morgan fingerprint density at radius 3 is 1.01 bits per heavy atom. The number of hydrogen-bond donors (Lipinski definition) is 5. The minimum absolute atomic E-state index is 0.0287.